The summed E-state index contributed by atoms with van der Waals surface area (Å²) in [7, 11) is 0. The molecule has 94 valence electrons. The van der Waals surface area contributed by atoms with Crippen LogP contribution in [0.15, 0.2) is 36.5 Å². The molecule has 1 unspecified atom stereocenters. The molecule has 2 rings (SSSR count). The van der Waals surface area contributed by atoms with Gasteiger partial charge in [0.1, 0.15) is 0 Å². The highest BCUT2D eigenvalue weighted by atomic mass is 16.3. The monoisotopic (exact) mass is 241 g/mol. The molecule has 0 aliphatic rings. The van der Waals surface area contributed by atoms with Crippen LogP contribution >= 0.6 is 0 Å². The van der Waals surface area contributed by atoms with E-state index in [0.717, 1.165) is 22.4 Å². The lowest BCUT2D eigenvalue weighted by molar-refractivity contribution is 0.176. The molecule has 18 heavy (non-hydrogen) atoms. The third-order valence-corrected chi connectivity index (χ3v) is 3.29. The highest BCUT2D eigenvalue weighted by molar-refractivity contribution is 5.33. The molecule has 1 heterocycles. The second-order valence-electron chi connectivity index (χ2n) is 4.85. The molecule has 0 fully saturated rings. The molecule has 1 aromatic carbocycles. The molecule has 2 aromatic rings. The van der Waals surface area contributed by atoms with Crippen LogP contribution in [0.3, 0.4) is 0 Å². The van der Waals surface area contributed by atoms with E-state index < -0.39 is 6.10 Å². The van der Waals surface area contributed by atoms with Gasteiger partial charge in [0, 0.05) is 18.3 Å². The van der Waals surface area contributed by atoms with Crippen molar-refractivity contribution >= 4 is 0 Å². The fourth-order valence-corrected chi connectivity index (χ4v) is 2.22. The Kier molecular flexibility index (Phi) is 3.78. The van der Waals surface area contributed by atoms with Crippen LogP contribution in [-0.2, 0) is 6.42 Å². The maximum atomic E-state index is 10.3. The molecule has 0 radical (unpaired) electrons. The van der Waals surface area contributed by atoms with Crippen molar-refractivity contribution in [3.63, 3.8) is 0 Å². The van der Waals surface area contributed by atoms with E-state index in [1.54, 1.807) is 6.20 Å². The van der Waals surface area contributed by atoms with Crippen molar-refractivity contribution in [1.82, 2.24) is 4.98 Å². The molecule has 1 N–H and O–H groups in total. The number of aliphatic hydroxyl groups excluding tert-OH is 1. The van der Waals surface area contributed by atoms with Crippen LogP contribution in [0.2, 0.25) is 0 Å². The summed E-state index contributed by atoms with van der Waals surface area (Å²) in [5.41, 5.74) is 5.44. The van der Waals surface area contributed by atoms with Crippen LogP contribution in [0.1, 0.15) is 34.1 Å². The fraction of sp³-hybridized carbons (Fsp3) is 0.312. The van der Waals surface area contributed by atoms with Gasteiger partial charge in [-0.25, -0.2) is 0 Å². The maximum Gasteiger partial charge on any atom is 0.0848 e. The quantitative estimate of drug-likeness (QED) is 0.894. The minimum Gasteiger partial charge on any atom is -0.388 e. The summed E-state index contributed by atoms with van der Waals surface area (Å²) in [5.74, 6) is 0. The minimum absolute atomic E-state index is 0.487. The van der Waals surface area contributed by atoms with Crippen molar-refractivity contribution in [3.05, 3.63) is 64.5 Å². The van der Waals surface area contributed by atoms with E-state index in [4.69, 9.17) is 0 Å². The van der Waals surface area contributed by atoms with Crippen LogP contribution in [0.5, 0.6) is 0 Å². The third-order valence-electron chi connectivity index (χ3n) is 3.29. The summed E-state index contributed by atoms with van der Waals surface area (Å²) in [4.78, 5) is 4.33. The third kappa shape index (κ3) is 2.77. The predicted molar refractivity (Wildman–Crippen MR) is 73.6 cm³/mol. The van der Waals surface area contributed by atoms with Crippen molar-refractivity contribution in [1.29, 1.82) is 0 Å². The maximum absolute atomic E-state index is 10.3. The van der Waals surface area contributed by atoms with Crippen molar-refractivity contribution in [2.45, 2.75) is 33.3 Å². The van der Waals surface area contributed by atoms with Crippen LogP contribution in [0.25, 0.3) is 0 Å². The van der Waals surface area contributed by atoms with Gasteiger partial charge < -0.3 is 5.11 Å². The zero-order valence-electron chi connectivity index (χ0n) is 11.1. The SMILES string of the molecule is Cc1ccc(C(O)Cc2ncccc2C)c(C)c1. The standard InChI is InChI=1S/C16H19NO/c1-11-6-7-14(13(3)9-11)16(18)10-15-12(2)5-4-8-17-15/h4-9,16,18H,10H2,1-3H3. The largest absolute Gasteiger partial charge is 0.388 e. The average molecular weight is 241 g/mol. The van der Waals surface area contributed by atoms with Crippen molar-refractivity contribution in [2.24, 2.45) is 0 Å². The van der Waals surface area contributed by atoms with E-state index in [2.05, 4.69) is 18.0 Å². The first-order valence-electron chi connectivity index (χ1n) is 6.23. The molecular formula is C16H19NO. The number of rotatable bonds is 3. The molecule has 0 saturated heterocycles. The fourth-order valence-electron chi connectivity index (χ4n) is 2.22. The molecule has 0 bridgehead atoms. The Hall–Kier alpha value is -1.67. The Morgan fingerprint density at radius 1 is 1.11 bits per heavy atom. The molecular weight excluding hydrogens is 222 g/mol. The van der Waals surface area contributed by atoms with Gasteiger partial charge >= 0.3 is 0 Å². The molecule has 0 aliphatic heterocycles. The molecule has 0 saturated carbocycles. The minimum atomic E-state index is -0.487. The van der Waals surface area contributed by atoms with Crippen molar-refractivity contribution in [2.75, 3.05) is 0 Å². The summed E-state index contributed by atoms with van der Waals surface area (Å²) < 4.78 is 0. The lowest BCUT2D eigenvalue weighted by Crippen LogP contribution is -2.06. The number of aliphatic hydroxyl groups is 1. The molecule has 2 nitrogen and oxygen atoms in total. The Labute approximate surface area is 108 Å². The molecule has 2 heteroatoms. The van der Waals surface area contributed by atoms with Crippen LogP contribution in [0, 0.1) is 20.8 Å². The first-order chi connectivity index (χ1) is 8.58. The summed E-state index contributed by atoms with van der Waals surface area (Å²) in [6, 6.07) is 10.1. The predicted octanol–water partition coefficient (Wildman–Crippen LogP) is 3.28. The number of hydrogen-bond donors (Lipinski definition) is 1. The Morgan fingerprint density at radius 2 is 1.89 bits per heavy atom. The highest BCUT2D eigenvalue weighted by Gasteiger charge is 2.13. The summed E-state index contributed by atoms with van der Waals surface area (Å²) in [6.07, 6.45) is 1.85. The van der Waals surface area contributed by atoms with E-state index in [1.807, 2.05) is 38.1 Å². The van der Waals surface area contributed by atoms with Gasteiger partial charge in [0.15, 0.2) is 0 Å². The van der Waals surface area contributed by atoms with E-state index in [1.165, 1.54) is 5.56 Å². The second kappa shape index (κ2) is 5.32. The Bertz CT molecular complexity index is 549. The number of hydrogen-bond acceptors (Lipinski definition) is 2. The summed E-state index contributed by atoms with van der Waals surface area (Å²) in [5, 5.41) is 10.3. The highest BCUT2D eigenvalue weighted by Crippen LogP contribution is 2.22. The van der Waals surface area contributed by atoms with E-state index in [0.29, 0.717) is 6.42 Å². The molecule has 0 spiro atoms. The zero-order valence-corrected chi connectivity index (χ0v) is 11.1. The Morgan fingerprint density at radius 3 is 2.56 bits per heavy atom. The molecule has 0 amide bonds. The summed E-state index contributed by atoms with van der Waals surface area (Å²) in [6.45, 7) is 6.12. The van der Waals surface area contributed by atoms with Gasteiger partial charge in [0.05, 0.1) is 6.10 Å². The van der Waals surface area contributed by atoms with Gasteiger partial charge in [-0.1, -0.05) is 29.8 Å². The van der Waals surface area contributed by atoms with Crippen LogP contribution in [0.4, 0.5) is 0 Å². The van der Waals surface area contributed by atoms with Gasteiger partial charge in [-0.05, 0) is 43.5 Å². The van der Waals surface area contributed by atoms with Crippen LogP contribution in [-0.4, -0.2) is 10.1 Å². The van der Waals surface area contributed by atoms with Crippen molar-refractivity contribution < 1.29 is 5.11 Å². The average Bonchev–Trinajstić information content (AvgIpc) is 2.32. The molecule has 1 atom stereocenters. The number of nitrogens with zero attached hydrogens (tertiary/aromatic N) is 1. The van der Waals surface area contributed by atoms with E-state index >= 15 is 0 Å². The van der Waals surface area contributed by atoms with E-state index in [-0.39, 0.29) is 0 Å². The van der Waals surface area contributed by atoms with Gasteiger partial charge in [-0.3, -0.25) is 4.98 Å². The van der Waals surface area contributed by atoms with Crippen molar-refractivity contribution in [3.8, 4) is 0 Å². The zero-order chi connectivity index (χ0) is 13.1. The number of aryl methyl sites for hydroxylation is 3. The van der Waals surface area contributed by atoms with E-state index in [9.17, 15) is 5.11 Å². The van der Waals surface area contributed by atoms with Gasteiger partial charge in [-0.2, -0.15) is 0 Å². The van der Waals surface area contributed by atoms with Gasteiger partial charge in [0.2, 0.25) is 0 Å². The number of pyridine rings is 1. The number of aromatic nitrogens is 1. The topological polar surface area (TPSA) is 33.1 Å². The normalized spacial score (nSPS) is 12.4. The first-order valence-corrected chi connectivity index (χ1v) is 6.23. The molecule has 0 aliphatic carbocycles. The van der Waals surface area contributed by atoms with Gasteiger partial charge in [0.25, 0.3) is 0 Å². The second-order valence-corrected chi connectivity index (χ2v) is 4.85. The van der Waals surface area contributed by atoms with Gasteiger partial charge in [-0.15, -0.1) is 0 Å². The lowest BCUT2D eigenvalue weighted by Gasteiger charge is -2.15. The number of benzene rings is 1. The summed E-state index contributed by atoms with van der Waals surface area (Å²) >= 11 is 0. The smallest absolute Gasteiger partial charge is 0.0848 e. The first kappa shape index (κ1) is 12.8. The Balaban J connectivity index is 2.22. The molecule has 1 aromatic heterocycles. The lowest BCUT2D eigenvalue weighted by atomic mass is 9.97. The van der Waals surface area contributed by atoms with Crippen LogP contribution < -0.4 is 0 Å².